The highest BCUT2D eigenvalue weighted by Gasteiger charge is 1.97. The van der Waals surface area contributed by atoms with Crippen molar-refractivity contribution in [3.8, 4) is 5.75 Å². The highest BCUT2D eigenvalue weighted by atomic mass is 32.2. The molecule has 0 aliphatic rings. The molecular formula is C14H17NOS. The zero-order valence-electron chi connectivity index (χ0n) is 10.2. The van der Waals surface area contributed by atoms with Gasteiger partial charge in [0, 0.05) is 18.0 Å². The summed E-state index contributed by atoms with van der Waals surface area (Å²) in [5.74, 6) is 1.36. The summed E-state index contributed by atoms with van der Waals surface area (Å²) in [5, 5.41) is 0. The van der Waals surface area contributed by atoms with Crippen LogP contribution in [0.5, 0.6) is 5.75 Å². The number of nitrogens with one attached hydrogen (secondary N) is 1. The molecule has 0 heterocycles. The second kappa shape index (κ2) is 6.86. The maximum absolute atomic E-state index is 5.58. The number of allylic oxidation sites excluding steroid dienone is 3. The fraction of sp³-hybridized carbons (Fsp3) is 0.143. The molecule has 0 aliphatic heterocycles. The van der Waals surface area contributed by atoms with E-state index in [1.807, 2.05) is 43.5 Å². The molecule has 17 heavy (non-hydrogen) atoms. The minimum absolute atomic E-state index is 0.592. The SMILES string of the molecule is C=C(C)/C=C\C(=C)Oc1cccc(NSC)c1. The van der Waals surface area contributed by atoms with Gasteiger partial charge in [0.1, 0.15) is 11.5 Å². The summed E-state index contributed by atoms with van der Waals surface area (Å²) in [4.78, 5) is 0. The molecule has 90 valence electrons. The topological polar surface area (TPSA) is 21.3 Å². The number of anilines is 1. The summed E-state index contributed by atoms with van der Waals surface area (Å²) in [6.07, 6.45) is 5.64. The molecule has 2 nitrogen and oxygen atoms in total. The molecule has 1 aromatic rings. The second-order valence-corrected chi connectivity index (χ2v) is 4.19. The maximum Gasteiger partial charge on any atom is 0.129 e. The van der Waals surface area contributed by atoms with Crippen molar-refractivity contribution >= 4 is 17.6 Å². The standard InChI is InChI=1S/C14H17NOS/c1-11(2)8-9-12(3)16-14-7-5-6-13(10-14)15-17-4/h5-10,15H,1,3H2,2,4H3/b9-8-. The summed E-state index contributed by atoms with van der Waals surface area (Å²) in [6, 6.07) is 7.74. The van der Waals surface area contributed by atoms with Crippen molar-refractivity contribution in [2.24, 2.45) is 0 Å². The Kier molecular flexibility index (Phi) is 5.43. The molecule has 1 rings (SSSR count). The predicted molar refractivity (Wildman–Crippen MR) is 77.3 cm³/mol. The van der Waals surface area contributed by atoms with Crippen LogP contribution in [0.25, 0.3) is 0 Å². The van der Waals surface area contributed by atoms with E-state index in [9.17, 15) is 0 Å². The first-order valence-corrected chi connectivity index (χ1v) is 6.43. The summed E-state index contributed by atoms with van der Waals surface area (Å²) < 4.78 is 8.73. The molecule has 0 saturated carbocycles. The van der Waals surface area contributed by atoms with E-state index in [0.29, 0.717) is 5.76 Å². The van der Waals surface area contributed by atoms with Gasteiger partial charge in [-0.05, 0) is 25.1 Å². The Labute approximate surface area is 107 Å². The molecule has 0 atom stereocenters. The summed E-state index contributed by atoms with van der Waals surface area (Å²) in [6.45, 7) is 9.52. The minimum atomic E-state index is 0.592. The molecule has 0 radical (unpaired) electrons. The van der Waals surface area contributed by atoms with Crippen molar-refractivity contribution in [2.75, 3.05) is 11.0 Å². The third-order valence-corrected chi connectivity index (χ3v) is 2.30. The molecule has 0 aliphatic carbocycles. The average Bonchev–Trinajstić information content (AvgIpc) is 2.27. The molecule has 0 unspecified atom stereocenters. The molecule has 3 heteroatoms. The van der Waals surface area contributed by atoms with E-state index in [0.717, 1.165) is 17.0 Å². The van der Waals surface area contributed by atoms with Gasteiger partial charge in [-0.1, -0.05) is 42.8 Å². The van der Waals surface area contributed by atoms with Crippen LogP contribution in [0, 0.1) is 0 Å². The van der Waals surface area contributed by atoms with Gasteiger partial charge in [-0.15, -0.1) is 0 Å². The van der Waals surface area contributed by atoms with Crippen LogP contribution < -0.4 is 9.46 Å². The van der Waals surface area contributed by atoms with Crippen molar-refractivity contribution in [3.63, 3.8) is 0 Å². The molecule has 1 aromatic carbocycles. The lowest BCUT2D eigenvalue weighted by atomic mass is 10.3. The minimum Gasteiger partial charge on any atom is -0.458 e. The zero-order valence-corrected chi connectivity index (χ0v) is 11.0. The van der Waals surface area contributed by atoms with Crippen LogP contribution in [0.15, 0.2) is 60.9 Å². The van der Waals surface area contributed by atoms with Crippen molar-refractivity contribution in [1.82, 2.24) is 0 Å². The van der Waals surface area contributed by atoms with Crippen LogP contribution in [0.1, 0.15) is 6.92 Å². The molecule has 0 amide bonds. The van der Waals surface area contributed by atoms with E-state index < -0.39 is 0 Å². The normalized spacial score (nSPS) is 10.2. The van der Waals surface area contributed by atoms with Crippen LogP contribution in [-0.4, -0.2) is 6.26 Å². The summed E-state index contributed by atoms with van der Waals surface area (Å²) >= 11 is 1.54. The molecule has 1 N–H and O–H groups in total. The highest BCUT2D eigenvalue weighted by molar-refractivity contribution is 7.99. The van der Waals surface area contributed by atoms with Gasteiger partial charge < -0.3 is 9.46 Å². The lowest BCUT2D eigenvalue weighted by Gasteiger charge is -2.07. The van der Waals surface area contributed by atoms with Crippen LogP contribution >= 0.6 is 11.9 Å². The van der Waals surface area contributed by atoms with Gasteiger partial charge in [0.05, 0.1) is 0 Å². The Morgan fingerprint density at radius 1 is 1.35 bits per heavy atom. The van der Waals surface area contributed by atoms with E-state index in [-0.39, 0.29) is 0 Å². The summed E-state index contributed by atoms with van der Waals surface area (Å²) in [7, 11) is 0. The van der Waals surface area contributed by atoms with Gasteiger partial charge >= 0.3 is 0 Å². The predicted octanol–water partition coefficient (Wildman–Crippen LogP) is 4.40. The fourth-order valence-electron chi connectivity index (χ4n) is 1.16. The van der Waals surface area contributed by atoms with Crippen molar-refractivity contribution in [3.05, 3.63) is 60.9 Å². The number of hydrogen-bond donors (Lipinski definition) is 1. The number of hydrogen-bond acceptors (Lipinski definition) is 3. The van der Waals surface area contributed by atoms with Crippen molar-refractivity contribution in [1.29, 1.82) is 0 Å². The Bertz CT molecular complexity index is 438. The third-order valence-electron chi connectivity index (χ3n) is 1.86. The van der Waals surface area contributed by atoms with Gasteiger partial charge in [-0.3, -0.25) is 0 Å². The Morgan fingerprint density at radius 3 is 2.76 bits per heavy atom. The lowest BCUT2D eigenvalue weighted by Crippen LogP contribution is -1.91. The molecule has 0 aromatic heterocycles. The van der Waals surface area contributed by atoms with Crippen LogP contribution in [0.3, 0.4) is 0 Å². The molecule has 0 spiro atoms. The second-order valence-electron chi connectivity index (χ2n) is 3.58. The number of rotatable bonds is 6. The molecule has 0 saturated heterocycles. The van der Waals surface area contributed by atoms with Crippen LogP contribution in [-0.2, 0) is 0 Å². The van der Waals surface area contributed by atoms with E-state index in [1.165, 1.54) is 0 Å². The Balaban J connectivity index is 2.65. The molecular weight excluding hydrogens is 230 g/mol. The third kappa shape index (κ3) is 5.31. The highest BCUT2D eigenvalue weighted by Crippen LogP contribution is 2.21. The van der Waals surface area contributed by atoms with Gasteiger partial charge in [0.2, 0.25) is 0 Å². The maximum atomic E-state index is 5.58. The first kappa shape index (κ1) is 13.5. The van der Waals surface area contributed by atoms with Crippen molar-refractivity contribution < 1.29 is 4.74 Å². The Morgan fingerprint density at radius 2 is 2.12 bits per heavy atom. The first-order valence-electron chi connectivity index (χ1n) is 5.21. The largest absolute Gasteiger partial charge is 0.458 e. The van der Waals surface area contributed by atoms with E-state index in [2.05, 4.69) is 17.9 Å². The van der Waals surface area contributed by atoms with Crippen LogP contribution in [0.2, 0.25) is 0 Å². The molecule has 0 bridgehead atoms. The van der Waals surface area contributed by atoms with Gasteiger partial charge in [-0.2, -0.15) is 0 Å². The zero-order chi connectivity index (χ0) is 12.7. The molecule has 0 fully saturated rings. The van der Waals surface area contributed by atoms with Gasteiger partial charge in [-0.25, -0.2) is 0 Å². The van der Waals surface area contributed by atoms with E-state index in [1.54, 1.807) is 18.0 Å². The van der Waals surface area contributed by atoms with E-state index >= 15 is 0 Å². The quantitative estimate of drug-likeness (QED) is 0.457. The Hall–Kier alpha value is -1.61. The van der Waals surface area contributed by atoms with Gasteiger partial charge in [0.25, 0.3) is 0 Å². The van der Waals surface area contributed by atoms with Crippen molar-refractivity contribution in [2.45, 2.75) is 6.92 Å². The van der Waals surface area contributed by atoms with E-state index in [4.69, 9.17) is 4.74 Å². The number of benzene rings is 1. The monoisotopic (exact) mass is 247 g/mol. The fourth-order valence-corrected chi connectivity index (χ4v) is 1.52. The van der Waals surface area contributed by atoms with Gasteiger partial charge in [0.15, 0.2) is 0 Å². The van der Waals surface area contributed by atoms with Crippen LogP contribution in [0.4, 0.5) is 5.69 Å². The number of ether oxygens (including phenoxy) is 1. The smallest absolute Gasteiger partial charge is 0.129 e. The lowest BCUT2D eigenvalue weighted by molar-refractivity contribution is 0.447. The summed E-state index contributed by atoms with van der Waals surface area (Å²) in [5.41, 5.74) is 1.97. The average molecular weight is 247 g/mol. The first-order chi connectivity index (χ1) is 8.11.